The van der Waals surface area contributed by atoms with Crippen molar-refractivity contribution in [3.63, 3.8) is 0 Å². The number of carbonyl (C=O) groups excluding carboxylic acids is 1. The van der Waals surface area contributed by atoms with E-state index in [1.54, 1.807) is 11.0 Å². The Kier molecular flexibility index (Phi) is 5.02. The monoisotopic (exact) mass is 367 g/mol. The van der Waals surface area contributed by atoms with Crippen molar-refractivity contribution in [2.75, 3.05) is 13.1 Å². The third-order valence-corrected chi connectivity index (χ3v) is 4.64. The third kappa shape index (κ3) is 3.89. The van der Waals surface area contributed by atoms with E-state index in [-0.39, 0.29) is 17.8 Å². The lowest BCUT2D eigenvalue weighted by Gasteiger charge is -2.34. The van der Waals surface area contributed by atoms with Gasteiger partial charge in [0.25, 0.3) is 0 Å². The van der Waals surface area contributed by atoms with Gasteiger partial charge in [-0.3, -0.25) is 4.79 Å². The van der Waals surface area contributed by atoms with E-state index in [1.807, 2.05) is 13.8 Å². The van der Waals surface area contributed by atoms with Crippen LogP contribution in [0.5, 0.6) is 0 Å². The number of nitrogens with zero attached hydrogens (tertiary/aromatic N) is 3. The van der Waals surface area contributed by atoms with E-state index in [0.717, 1.165) is 12.1 Å². The average Bonchev–Trinajstić information content (AvgIpc) is 3.11. The molecule has 1 aliphatic heterocycles. The van der Waals surface area contributed by atoms with Crippen LogP contribution in [0.2, 0.25) is 0 Å². The second kappa shape index (κ2) is 7.09. The van der Waals surface area contributed by atoms with E-state index in [0.29, 0.717) is 43.2 Å². The van der Waals surface area contributed by atoms with Gasteiger partial charge in [-0.15, -0.1) is 0 Å². The van der Waals surface area contributed by atoms with Crippen LogP contribution in [0.1, 0.15) is 60.9 Å². The molecule has 0 N–H and O–H groups in total. The van der Waals surface area contributed by atoms with Gasteiger partial charge in [0.05, 0.1) is 11.5 Å². The van der Waals surface area contributed by atoms with Gasteiger partial charge < -0.3 is 9.42 Å². The van der Waals surface area contributed by atoms with Crippen molar-refractivity contribution in [1.82, 2.24) is 15.0 Å². The van der Waals surface area contributed by atoms with Crippen molar-refractivity contribution >= 4 is 6.41 Å². The smallest absolute Gasteiger partial charge is 0.344 e. The zero-order valence-corrected chi connectivity index (χ0v) is 14.5. The van der Waals surface area contributed by atoms with Crippen molar-refractivity contribution in [2.45, 2.75) is 44.2 Å². The van der Waals surface area contributed by atoms with Crippen molar-refractivity contribution in [1.29, 1.82) is 0 Å². The highest BCUT2D eigenvalue weighted by Gasteiger charge is 2.34. The number of piperidine rings is 1. The quantitative estimate of drug-likeness (QED) is 0.768. The molecular weight excluding hydrogens is 347 g/mol. The summed E-state index contributed by atoms with van der Waals surface area (Å²) in [5, 5.41) is 3.94. The summed E-state index contributed by atoms with van der Waals surface area (Å²) >= 11 is 0. The number of amides is 1. The van der Waals surface area contributed by atoms with Gasteiger partial charge in [-0.2, -0.15) is 18.2 Å². The number of alkyl halides is 3. The molecule has 1 aromatic heterocycles. The van der Waals surface area contributed by atoms with Gasteiger partial charge in [-0.1, -0.05) is 37.2 Å². The molecule has 2 atom stereocenters. The van der Waals surface area contributed by atoms with Crippen molar-refractivity contribution in [2.24, 2.45) is 0 Å². The minimum atomic E-state index is -4.40. The van der Waals surface area contributed by atoms with Crippen LogP contribution in [0, 0.1) is 0 Å². The number of aromatic nitrogens is 2. The summed E-state index contributed by atoms with van der Waals surface area (Å²) in [5.41, 5.74) is -0.130. The van der Waals surface area contributed by atoms with Crippen molar-refractivity contribution < 1.29 is 22.5 Å². The predicted molar refractivity (Wildman–Crippen MR) is 87.6 cm³/mol. The number of benzene rings is 1. The molecule has 1 fully saturated rings. The lowest BCUT2D eigenvalue weighted by molar-refractivity contribution is -0.137. The molecule has 0 bridgehead atoms. The molecule has 1 amide bonds. The minimum Gasteiger partial charge on any atom is -0.344 e. The Hall–Kier alpha value is -2.38. The van der Waals surface area contributed by atoms with Crippen molar-refractivity contribution in [3.8, 4) is 0 Å². The SMILES string of the molecule is CC(C)c1noc(C2CC(c3cccc(C(F)(F)F)c3)CN(C=O)C2)n1. The first-order valence-corrected chi connectivity index (χ1v) is 8.48. The molecule has 1 aliphatic rings. The fraction of sp³-hybridized carbons (Fsp3) is 0.500. The Balaban J connectivity index is 1.86. The Morgan fingerprint density at radius 1 is 1.27 bits per heavy atom. The summed E-state index contributed by atoms with van der Waals surface area (Å²) in [4.78, 5) is 17.3. The lowest BCUT2D eigenvalue weighted by Crippen LogP contribution is -2.37. The Morgan fingerprint density at radius 3 is 2.62 bits per heavy atom. The van der Waals surface area contributed by atoms with Gasteiger partial charge in [0.1, 0.15) is 0 Å². The molecule has 140 valence electrons. The van der Waals surface area contributed by atoms with Crippen molar-refractivity contribution in [3.05, 3.63) is 47.1 Å². The van der Waals surface area contributed by atoms with Gasteiger partial charge >= 0.3 is 6.18 Å². The lowest BCUT2D eigenvalue weighted by atomic mass is 9.84. The van der Waals surface area contributed by atoms with Crippen LogP contribution in [-0.4, -0.2) is 34.5 Å². The van der Waals surface area contributed by atoms with Gasteiger partial charge in [0.15, 0.2) is 5.82 Å². The molecule has 0 saturated carbocycles. The van der Waals surface area contributed by atoms with E-state index in [4.69, 9.17) is 4.52 Å². The number of likely N-dealkylation sites (tertiary alicyclic amines) is 1. The summed E-state index contributed by atoms with van der Waals surface area (Å²) in [5.74, 6) is 0.692. The molecule has 3 rings (SSSR count). The number of carbonyl (C=O) groups is 1. The normalized spacial score (nSPS) is 21.2. The van der Waals surface area contributed by atoms with E-state index in [9.17, 15) is 18.0 Å². The summed E-state index contributed by atoms with van der Waals surface area (Å²) in [6.07, 6.45) is -3.13. The number of hydrogen-bond donors (Lipinski definition) is 0. The van der Waals surface area contributed by atoms with Gasteiger partial charge in [-0.05, 0) is 18.1 Å². The first-order valence-electron chi connectivity index (χ1n) is 8.48. The molecule has 0 radical (unpaired) electrons. The molecule has 2 aromatic rings. The molecule has 8 heteroatoms. The highest BCUT2D eigenvalue weighted by molar-refractivity contribution is 5.48. The second-order valence-electron chi connectivity index (χ2n) is 6.96. The molecule has 0 spiro atoms. The predicted octanol–water partition coefficient (Wildman–Crippen LogP) is 3.94. The second-order valence-corrected chi connectivity index (χ2v) is 6.96. The fourth-order valence-corrected chi connectivity index (χ4v) is 3.26. The Morgan fingerprint density at radius 2 is 2.00 bits per heavy atom. The number of hydrogen-bond acceptors (Lipinski definition) is 4. The highest BCUT2D eigenvalue weighted by atomic mass is 19.4. The molecule has 5 nitrogen and oxygen atoms in total. The largest absolute Gasteiger partial charge is 0.416 e. The van der Waals surface area contributed by atoms with Crippen LogP contribution in [0.25, 0.3) is 0 Å². The van der Waals surface area contributed by atoms with Crippen LogP contribution in [0.4, 0.5) is 13.2 Å². The zero-order valence-electron chi connectivity index (χ0n) is 14.5. The first kappa shape index (κ1) is 18.4. The average molecular weight is 367 g/mol. The van der Waals surface area contributed by atoms with Crippen LogP contribution >= 0.6 is 0 Å². The van der Waals surface area contributed by atoms with E-state index < -0.39 is 11.7 Å². The number of halogens is 3. The summed E-state index contributed by atoms with van der Waals surface area (Å²) in [6.45, 7) is 4.67. The topological polar surface area (TPSA) is 59.2 Å². The maximum absolute atomic E-state index is 13.0. The molecule has 26 heavy (non-hydrogen) atoms. The third-order valence-electron chi connectivity index (χ3n) is 4.64. The van der Waals surface area contributed by atoms with Crippen LogP contribution < -0.4 is 0 Å². The Labute approximate surface area is 149 Å². The number of rotatable bonds is 4. The highest BCUT2D eigenvalue weighted by Crippen LogP contribution is 2.37. The van der Waals surface area contributed by atoms with Gasteiger partial charge in [0.2, 0.25) is 12.3 Å². The molecule has 2 heterocycles. The summed E-state index contributed by atoms with van der Waals surface area (Å²) < 4.78 is 44.3. The molecule has 1 saturated heterocycles. The first-order chi connectivity index (χ1) is 12.3. The van der Waals surface area contributed by atoms with Crippen LogP contribution in [0.15, 0.2) is 28.8 Å². The summed E-state index contributed by atoms with van der Waals surface area (Å²) in [7, 11) is 0. The zero-order chi connectivity index (χ0) is 18.9. The maximum Gasteiger partial charge on any atom is 0.416 e. The molecular formula is C18H20F3N3O2. The van der Waals surface area contributed by atoms with E-state index >= 15 is 0 Å². The standard InChI is InChI=1S/C18H20F3N3O2/c1-11(2)16-22-17(26-23-16)14-6-13(8-24(9-14)10-25)12-4-3-5-15(7-12)18(19,20)21/h3-5,7,10-11,13-14H,6,8-9H2,1-2H3. The summed E-state index contributed by atoms with van der Waals surface area (Å²) in [6, 6.07) is 5.27. The van der Waals surface area contributed by atoms with E-state index in [1.165, 1.54) is 6.07 Å². The van der Waals surface area contributed by atoms with Gasteiger partial charge in [0, 0.05) is 24.9 Å². The van der Waals surface area contributed by atoms with Crippen LogP contribution in [0.3, 0.4) is 0 Å². The van der Waals surface area contributed by atoms with Crippen LogP contribution in [-0.2, 0) is 11.0 Å². The maximum atomic E-state index is 13.0. The Bertz CT molecular complexity index is 773. The molecule has 0 aliphatic carbocycles. The van der Waals surface area contributed by atoms with E-state index in [2.05, 4.69) is 10.1 Å². The van der Waals surface area contributed by atoms with Gasteiger partial charge in [-0.25, -0.2) is 0 Å². The minimum absolute atomic E-state index is 0.109. The molecule has 2 unspecified atom stereocenters. The fourth-order valence-electron chi connectivity index (χ4n) is 3.26. The molecule has 1 aromatic carbocycles.